The van der Waals surface area contributed by atoms with E-state index in [4.69, 9.17) is 4.74 Å². The van der Waals surface area contributed by atoms with Gasteiger partial charge < -0.3 is 51.4 Å². The quantitative estimate of drug-likeness (QED) is 0.0261. The van der Waals surface area contributed by atoms with Crippen LogP contribution in [0.3, 0.4) is 0 Å². The topological polar surface area (TPSA) is 413 Å². The number of hydrogen-bond donors (Lipinski definition) is 0. The molecule has 0 aliphatic rings. The zero-order valence-electron chi connectivity index (χ0n) is 44.5. The van der Waals surface area contributed by atoms with Crippen molar-refractivity contribution >= 4 is 82.3 Å². The van der Waals surface area contributed by atoms with Crippen molar-refractivity contribution in [3.63, 3.8) is 0 Å². The van der Waals surface area contributed by atoms with Crippen LogP contribution in [0.15, 0.2) is 0 Å². The minimum absolute atomic E-state index is 0.00998. The summed E-state index contributed by atoms with van der Waals surface area (Å²) in [5.41, 5.74) is -3.52. The number of esters is 7. The fourth-order valence-electron chi connectivity index (χ4n) is 3.28. The summed E-state index contributed by atoms with van der Waals surface area (Å²) in [4.78, 5) is 77.8. The molecule has 0 unspecified atom stereocenters. The van der Waals surface area contributed by atoms with E-state index in [0.29, 0.717) is 19.3 Å². The van der Waals surface area contributed by atoms with Gasteiger partial charge in [0.25, 0.3) is 0 Å². The molecule has 0 saturated heterocycles. The highest BCUT2D eigenvalue weighted by atomic mass is 32.2. The normalized spacial score (nSPS) is 13.2. The van der Waals surface area contributed by atoms with Crippen molar-refractivity contribution in [2.24, 2.45) is 21.7 Å². The van der Waals surface area contributed by atoms with Crippen LogP contribution < -0.4 is 0 Å². The van der Waals surface area contributed by atoms with Gasteiger partial charge in [-0.3, -0.25) is 19.2 Å². The number of rotatable bonds is 28. The molecule has 40 heteroatoms. The van der Waals surface area contributed by atoms with Crippen LogP contribution in [-0.4, -0.2) is 160 Å². The number of halogens is 10. The standard InChI is InChI=1S/C12H20F2O7S.C10H16F2O7S.C9H14F4O5S.C9H14F2O7S/c1-4-11(2,3)9(15)20-7-5-6-8-21-10(16)12(13,14)22(17,18)19;1-4-9(2,3)7(13)18-5-6-19-8(14)10(11,12)20(15,16)17;1-4-7(2,3)6(14)18-5-8(10,11)9(12,13)19(15,16)17;1-4-8(2,3)6(12)17-5-18-7(13)9(10,11)19(14,15)16/h4-8H2,1-3H3,(H,17,18,19);4-6H2,1-3H3,(H,15,16,17);4-5H2,1-3H3,(H,15,16,17);4-5H2,1-3H3,(H,14,15,16)/p-4. The molecule has 0 aliphatic heterocycles. The lowest BCUT2D eigenvalue weighted by Gasteiger charge is -2.29. The van der Waals surface area contributed by atoms with Gasteiger partial charge in [0, 0.05) is 0 Å². The highest BCUT2D eigenvalue weighted by Gasteiger charge is 2.63. The van der Waals surface area contributed by atoms with Gasteiger partial charge in [-0.2, -0.15) is 43.9 Å². The van der Waals surface area contributed by atoms with Gasteiger partial charge in [0.1, 0.15) is 13.2 Å². The summed E-state index contributed by atoms with van der Waals surface area (Å²) in [6.07, 6.45) is 1.92. The highest BCUT2D eigenvalue weighted by molar-refractivity contribution is 7.88. The molecule has 0 N–H and O–H groups in total. The second-order valence-corrected chi connectivity index (χ2v) is 24.0. The molecule has 0 saturated carbocycles. The summed E-state index contributed by atoms with van der Waals surface area (Å²) in [7, 11) is -25.0. The first-order valence-corrected chi connectivity index (χ1v) is 27.8. The lowest BCUT2D eigenvalue weighted by atomic mass is 9.91. The maximum absolute atomic E-state index is 12.9. The fourth-order valence-corrected chi connectivity index (χ4v) is 4.49. The van der Waals surface area contributed by atoms with E-state index in [1.54, 1.807) is 41.5 Å². The van der Waals surface area contributed by atoms with Crippen LogP contribution in [0.25, 0.3) is 0 Å². The third-order valence-electron chi connectivity index (χ3n) is 10.5. The monoisotopic (exact) mass is 1270 g/mol. The molecule has 0 heterocycles. The van der Waals surface area contributed by atoms with Gasteiger partial charge in [-0.05, 0) is 93.9 Å². The van der Waals surface area contributed by atoms with E-state index < -0.39 is 164 Å². The molecular formula is C40H60F10O26S4-4. The molecule has 0 aromatic heterocycles. The van der Waals surface area contributed by atoms with Gasteiger partial charge in [-0.25, -0.2) is 48.1 Å². The lowest BCUT2D eigenvalue weighted by Crippen LogP contribution is -2.50. The Hall–Kier alpha value is -4.77. The SMILES string of the molecule is CCC(C)(C)C(=O)OCC(F)(F)C(F)(F)S(=O)(=O)[O-].CCC(C)(C)C(=O)OCCCCOC(=O)C(F)(F)S(=O)(=O)[O-].CCC(C)(C)C(=O)OCCOC(=O)C(F)(F)S(=O)(=O)[O-].CCC(C)(C)C(=O)OCOC(=O)C(F)(F)S(=O)(=O)[O-]. The van der Waals surface area contributed by atoms with Crippen LogP contribution in [-0.2, 0) is 107 Å². The molecule has 26 nitrogen and oxygen atoms in total. The fraction of sp³-hybridized carbons (Fsp3) is 0.825. The van der Waals surface area contributed by atoms with Crippen LogP contribution in [0.2, 0.25) is 0 Å². The molecule has 0 fully saturated rings. The molecular weight excluding hydrogens is 1210 g/mol. The highest BCUT2D eigenvalue weighted by Crippen LogP contribution is 2.39. The Morgan fingerprint density at radius 1 is 0.338 bits per heavy atom. The third kappa shape index (κ3) is 25.6. The Kier molecular flexibility index (Phi) is 31.7. The molecule has 0 aromatic carbocycles. The smallest absolute Gasteiger partial charge is 0.429 e. The predicted octanol–water partition coefficient (Wildman–Crippen LogP) is 4.42. The number of hydrogen-bond acceptors (Lipinski definition) is 26. The summed E-state index contributed by atoms with van der Waals surface area (Å²) in [6.45, 7) is 13.9. The Bertz CT molecular complexity index is 2570. The van der Waals surface area contributed by atoms with E-state index in [1.165, 1.54) is 34.6 Å². The minimum atomic E-state index is -6.57. The van der Waals surface area contributed by atoms with Crippen LogP contribution in [0.1, 0.15) is 122 Å². The van der Waals surface area contributed by atoms with Crippen molar-refractivity contribution in [1.29, 1.82) is 0 Å². The van der Waals surface area contributed by atoms with Crippen molar-refractivity contribution in [3.8, 4) is 0 Å². The van der Waals surface area contributed by atoms with Crippen LogP contribution in [0.5, 0.6) is 0 Å². The van der Waals surface area contributed by atoms with Crippen molar-refractivity contribution in [2.45, 2.75) is 149 Å². The Morgan fingerprint density at radius 2 is 0.550 bits per heavy atom. The second-order valence-electron chi connectivity index (χ2n) is 18.3. The Balaban J connectivity index is -0.000000482. The number of alkyl halides is 10. The maximum atomic E-state index is 12.9. The second kappa shape index (κ2) is 31.0. The number of carbonyl (C=O) groups excluding carboxylic acids is 7. The van der Waals surface area contributed by atoms with Gasteiger partial charge in [0.2, 0.25) is 6.79 Å². The van der Waals surface area contributed by atoms with Crippen molar-refractivity contribution in [2.75, 3.05) is 39.8 Å². The summed E-state index contributed by atoms with van der Waals surface area (Å²) >= 11 is 0. The molecule has 0 radical (unpaired) electrons. The van der Waals surface area contributed by atoms with E-state index >= 15 is 0 Å². The first kappa shape index (κ1) is 81.7. The average molecular weight is 1280 g/mol. The van der Waals surface area contributed by atoms with E-state index in [9.17, 15) is 129 Å². The summed E-state index contributed by atoms with van der Waals surface area (Å²) in [5.74, 6) is -15.9. The zero-order valence-corrected chi connectivity index (χ0v) is 47.8. The van der Waals surface area contributed by atoms with Crippen molar-refractivity contribution in [3.05, 3.63) is 0 Å². The molecule has 0 bridgehead atoms. The van der Waals surface area contributed by atoms with Crippen LogP contribution in [0, 0.1) is 21.7 Å². The van der Waals surface area contributed by atoms with Crippen molar-refractivity contribution < 1.29 is 163 Å². The predicted molar refractivity (Wildman–Crippen MR) is 241 cm³/mol. The molecule has 0 aliphatic carbocycles. The first-order chi connectivity index (χ1) is 35.3. The number of unbranched alkanes of at least 4 members (excludes halogenated alkanes) is 1. The maximum Gasteiger partial charge on any atom is 0.429 e. The van der Waals surface area contributed by atoms with Gasteiger partial charge in [-0.1, -0.05) is 27.7 Å². The molecule has 0 atom stereocenters. The lowest BCUT2D eigenvalue weighted by molar-refractivity contribution is -0.201. The van der Waals surface area contributed by atoms with Crippen LogP contribution in [0.4, 0.5) is 43.9 Å². The molecule has 0 spiro atoms. The summed E-state index contributed by atoms with van der Waals surface area (Å²) in [5, 5.41) is -21.3. The van der Waals surface area contributed by atoms with E-state index in [-0.39, 0.29) is 25.9 Å². The molecule has 0 rings (SSSR count). The summed E-state index contributed by atoms with van der Waals surface area (Å²) < 4.78 is 278. The minimum Gasteiger partial charge on any atom is -0.743 e. The Labute approximate surface area is 453 Å². The number of ether oxygens (including phenoxy) is 7. The van der Waals surface area contributed by atoms with Crippen LogP contribution >= 0.6 is 0 Å². The molecule has 80 heavy (non-hydrogen) atoms. The molecule has 0 aromatic rings. The summed E-state index contributed by atoms with van der Waals surface area (Å²) in [6, 6.07) is 0. The van der Waals surface area contributed by atoms with Gasteiger partial charge in [0.15, 0.2) is 47.1 Å². The number of carbonyl (C=O) groups is 7. The average Bonchev–Trinajstić information content (AvgIpc) is 3.31. The van der Waals surface area contributed by atoms with E-state index in [1.807, 2.05) is 6.92 Å². The largest absolute Gasteiger partial charge is 0.743 e. The van der Waals surface area contributed by atoms with Gasteiger partial charge in [-0.15, -0.1) is 0 Å². The third-order valence-corrected chi connectivity index (χ3v) is 13.8. The first-order valence-electron chi connectivity index (χ1n) is 22.2. The molecule has 0 amide bonds. The van der Waals surface area contributed by atoms with Gasteiger partial charge in [0.05, 0.1) is 34.9 Å². The van der Waals surface area contributed by atoms with E-state index in [2.05, 4.69) is 28.4 Å². The van der Waals surface area contributed by atoms with Gasteiger partial charge >= 0.3 is 68.7 Å². The Morgan fingerprint density at radius 3 is 0.812 bits per heavy atom. The van der Waals surface area contributed by atoms with Crippen molar-refractivity contribution in [1.82, 2.24) is 0 Å². The van der Waals surface area contributed by atoms with E-state index in [0.717, 1.165) is 0 Å². The molecule has 474 valence electrons. The zero-order chi connectivity index (χ0) is 65.0.